The van der Waals surface area contributed by atoms with Crippen LogP contribution in [0.5, 0.6) is 0 Å². The van der Waals surface area contributed by atoms with E-state index >= 15 is 0 Å². The molecule has 2 bridgehead atoms. The zero-order chi connectivity index (χ0) is 12.5. The van der Waals surface area contributed by atoms with Crippen molar-refractivity contribution >= 4 is 0 Å². The van der Waals surface area contributed by atoms with E-state index in [2.05, 4.69) is 35.0 Å². The first-order valence-corrected chi connectivity index (χ1v) is 7.16. The summed E-state index contributed by atoms with van der Waals surface area (Å²) >= 11 is 0. The number of aromatic nitrogens is 1. The van der Waals surface area contributed by atoms with Gasteiger partial charge in [-0.1, -0.05) is 12.5 Å². The average molecular weight is 245 g/mol. The molecule has 2 saturated heterocycles. The molecule has 3 heterocycles. The predicted octanol–water partition coefficient (Wildman–Crippen LogP) is 2.23. The molecular formula is C15H23N3. The molecule has 3 nitrogen and oxygen atoms in total. The fourth-order valence-electron chi connectivity index (χ4n) is 3.65. The Bertz CT molecular complexity index is 404. The number of aryl methyl sites for hydroxylation is 1. The van der Waals surface area contributed by atoms with Gasteiger partial charge in [0.05, 0.1) is 5.69 Å². The van der Waals surface area contributed by atoms with E-state index in [0.29, 0.717) is 18.1 Å². The second-order valence-electron chi connectivity index (χ2n) is 5.91. The normalized spacial score (nSPS) is 32.4. The quantitative estimate of drug-likeness (QED) is 0.869. The Morgan fingerprint density at radius 2 is 2.00 bits per heavy atom. The van der Waals surface area contributed by atoms with Gasteiger partial charge in [-0.05, 0) is 44.7 Å². The lowest BCUT2D eigenvalue weighted by atomic mass is 9.82. The smallest absolute Gasteiger partial charge is 0.0547 e. The highest BCUT2D eigenvalue weighted by molar-refractivity contribution is 5.11. The van der Waals surface area contributed by atoms with Crippen LogP contribution in [0.2, 0.25) is 0 Å². The molecule has 18 heavy (non-hydrogen) atoms. The second kappa shape index (κ2) is 4.98. The summed E-state index contributed by atoms with van der Waals surface area (Å²) in [7, 11) is 0. The van der Waals surface area contributed by atoms with Crippen molar-refractivity contribution in [3.63, 3.8) is 0 Å². The SMILES string of the molecule is Cc1cccc(CN2C3CCCC2CC(N)C3)n1. The van der Waals surface area contributed by atoms with Gasteiger partial charge in [0.2, 0.25) is 0 Å². The largest absolute Gasteiger partial charge is 0.328 e. The van der Waals surface area contributed by atoms with E-state index < -0.39 is 0 Å². The minimum atomic E-state index is 0.419. The van der Waals surface area contributed by atoms with Gasteiger partial charge in [-0.15, -0.1) is 0 Å². The fourth-order valence-corrected chi connectivity index (χ4v) is 3.65. The minimum Gasteiger partial charge on any atom is -0.328 e. The van der Waals surface area contributed by atoms with E-state index in [9.17, 15) is 0 Å². The molecule has 2 N–H and O–H groups in total. The Morgan fingerprint density at radius 3 is 2.67 bits per heavy atom. The van der Waals surface area contributed by atoms with Crippen molar-refractivity contribution in [3.8, 4) is 0 Å². The number of rotatable bonds is 2. The standard InChI is InChI=1S/C15H23N3/c1-11-4-2-5-13(17-11)10-18-14-6-3-7-15(18)9-12(16)8-14/h2,4-5,12,14-15H,3,6-10,16H2,1H3. The molecule has 2 unspecified atom stereocenters. The summed E-state index contributed by atoms with van der Waals surface area (Å²) in [6.45, 7) is 3.07. The van der Waals surface area contributed by atoms with Gasteiger partial charge in [0.1, 0.15) is 0 Å². The summed E-state index contributed by atoms with van der Waals surface area (Å²) < 4.78 is 0. The van der Waals surface area contributed by atoms with E-state index in [1.54, 1.807) is 0 Å². The first-order valence-electron chi connectivity index (χ1n) is 7.16. The Kier molecular flexibility index (Phi) is 3.35. The van der Waals surface area contributed by atoms with Gasteiger partial charge in [-0.25, -0.2) is 0 Å². The highest BCUT2D eigenvalue weighted by atomic mass is 15.2. The molecule has 0 aromatic carbocycles. The Hall–Kier alpha value is -0.930. The molecule has 1 aromatic rings. The molecule has 2 fully saturated rings. The monoisotopic (exact) mass is 245 g/mol. The van der Waals surface area contributed by atoms with Crippen LogP contribution in [0, 0.1) is 6.92 Å². The summed E-state index contributed by atoms with van der Waals surface area (Å²) in [6.07, 6.45) is 6.34. The summed E-state index contributed by atoms with van der Waals surface area (Å²) in [4.78, 5) is 7.30. The number of hydrogen-bond acceptors (Lipinski definition) is 3. The number of pyridine rings is 1. The van der Waals surface area contributed by atoms with E-state index in [0.717, 1.165) is 12.2 Å². The summed E-state index contributed by atoms with van der Waals surface area (Å²) in [5, 5.41) is 0. The molecule has 3 heteroatoms. The molecule has 0 spiro atoms. The zero-order valence-electron chi connectivity index (χ0n) is 11.2. The van der Waals surface area contributed by atoms with Crippen molar-refractivity contribution in [2.75, 3.05) is 0 Å². The lowest BCUT2D eigenvalue weighted by molar-refractivity contribution is 0.0235. The Labute approximate surface area is 109 Å². The van der Waals surface area contributed by atoms with Gasteiger partial charge in [-0.2, -0.15) is 0 Å². The molecule has 0 saturated carbocycles. The van der Waals surface area contributed by atoms with Gasteiger partial charge < -0.3 is 5.73 Å². The number of hydrogen-bond donors (Lipinski definition) is 1. The van der Waals surface area contributed by atoms with Gasteiger partial charge in [0.15, 0.2) is 0 Å². The minimum absolute atomic E-state index is 0.419. The molecule has 2 atom stereocenters. The van der Waals surface area contributed by atoms with Crippen LogP contribution < -0.4 is 5.73 Å². The molecule has 2 aliphatic rings. The van der Waals surface area contributed by atoms with Crippen molar-refractivity contribution in [1.29, 1.82) is 0 Å². The van der Waals surface area contributed by atoms with Crippen LogP contribution in [0.15, 0.2) is 18.2 Å². The lowest BCUT2D eigenvalue weighted by Gasteiger charge is -2.48. The number of fused-ring (bicyclic) bond motifs is 2. The van der Waals surface area contributed by atoms with Gasteiger partial charge in [0.25, 0.3) is 0 Å². The van der Waals surface area contributed by atoms with Crippen molar-refractivity contribution in [1.82, 2.24) is 9.88 Å². The molecule has 0 radical (unpaired) electrons. The van der Waals surface area contributed by atoms with Crippen LogP contribution in [-0.2, 0) is 6.54 Å². The maximum Gasteiger partial charge on any atom is 0.0547 e. The maximum absolute atomic E-state index is 6.16. The Morgan fingerprint density at radius 1 is 1.28 bits per heavy atom. The first-order chi connectivity index (χ1) is 8.72. The van der Waals surface area contributed by atoms with Crippen LogP contribution in [-0.4, -0.2) is 28.0 Å². The van der Waals surface area contributed by atoms with E-state index in [1.165, 1.54) is 37.8 Å². The van der Waals surface area contributed by atoms with Crippen molar-refractivity contribution in [2.24, 2.45) is 5.73 Å². The highest BCUT2D eigenvalue weighted by Crippen LogP contribution is 2.34. The number of nitrogens with two attached hydrogens (primary N) is 1. The van der Waals surface area contributed by atoms with Crippen molar-refractivity contribution < 1.29 is 0 Å². The summed E-state index contributed by atoms with van der Waals surface area (Å²) in [5.74, 6) is 0. The third-order valence-electron chi connectivity index (χ3n) is 4.45. The first kappa shape index (κ1) is 12.1. The number of nitrogens with zero attached hydrogens (tertiary/aromatic N) is 2. The molecule has 0 amide bonds. The van der Waals surface area contributed by atoms with Crippen LogP contribution in [0.25, 0.3) is 0 Å². The maximum atomic E-state index is 6.16. The van der Waals surface area contributed by atoms with Crippen molar-refractivity contribution in [2.45, 2.75) is 63.7 Å². The fraction of sp³-hybridized carbons (Fsp3) is 0.667. The average Bonchev–Trinajstić information content (AvgIpc) is 2.30. The molecule has 3 rings (SSSR count). The van der Waals surface area contributed by atoms with Gasteiger partial charge in [-0.3, -0.25) is 9.88 Å². The van der Waals surface area contributed by atoms with E-state index in [1.807, 2.05) is 0 Å². The van der Waals surface area contributed by atoms with E-state index in [4.69, 9.17) is 5.73 Å². The molecule has 0 aliphatic carbocycles. The second-order valence-corrected chi connectivity index (χ2v) is 5.91. The van der Waals surface area contributed by atoms with Crippen LogP contribution in [0.3, 0.4) is 0 Å². The topological polar surface area (TPSA) is 42.1 Å². The lowest BCUT2D eigenvalue weighted by Crippen LogP contribution is -2.54. The zero-order valence-corrected chi connectivity index (χ0v) is 11.2. The molecule has 2 aliphatic heterocycles. The van der Waals surface area contributed by atoms with Gasteiger partial charge >= 0.3 is 0 Å². The number of piperidine rings is 2. The molecule has 98 valence electrons. The van der Waals surface area contributed by atoms with Crippen molar-refractivity contribution in [3.05, 3.63) is 29.6 Å². The molecular weight excluding hydrogens is 222 g/mol. The van der Waals surface area contributed by atoms with Crippen LogP contribution >= 0.6 is 0 Å². The summed E-state index contributed by atoms with van der Waals surface area (Å²) in [5.41, 5.74) is 8.49. The highest BCUT2D eigenvalue weighted by Gasteiger charge is 2.36. The predicted molar refractivity (Wildman–Crippen MR) is 73.2 cm³/mol. The summed E-state index contributed by atoms with van der Waals surface area (Å²) in [6, 6.07) is 8.13. The van der Waals surface area contributed by atoms with Crippen LogP contribution in [0.1, 0.15) is 43.5 Å². The third kappa shape index (κ3) is 2.43. The van der Waals surface area contributed by atoms with Crippen LogP contribution in [0.4, 0.5) is 0 Å². The van der Waals surface area contributed by atoms with Gasteiger partial charge in [0, 0.05) is 30.4 Å². The van der Waals surface area contributed by atoms with E-state index in [-0.39, 0.29) is 0 Å². The Balaban J connectivity index is 1.75. The molecule has 1 aromatic heterocycles. The third-order valence-corrected chi connectivity index (χ3v) is 4.45.